The molecule has 4 rings (SSSR count). The maximum Gasteiger partial charge on any atom is 0.222 e. The van der Waals surface area contributed by atoms with Gasteiger partial charge in [0.15, 0.2) is 0 Å². The fourth-order valence-corrected chi connectivity index (χ4v) is 5.03. The normalized spacial score (nSPS) is 23.6. The number of ether oxygens (including phenoxy) is 1. The highest BCUT2D eigenvalue weighted by Gasteiger charge is 2.41. The van der Waals surface area contributed by atoms with E-state index in [0.717, 1.165) is 57.7 Å². The number of carbonyl (C=O) groups excluding carboxylic acids is 1. The third-order valence-corrected chi connectivity index (χ3v) is 6.40. The van der Waals surface area contributed by atoms with Crippen LogP contribution in [-0.2, 0) is 16.1 Å². The Morgan fingerprint density at radius 1 is 1.18 bits per heavy atom. The average Bonchev–Trinajstić information content (AvgIpc) is 2.72. The number of rotatable bonds is 6. The van der Waals surface area contributed by atoms with Gasteiger partial charge in [-0.05, 0) is 49.9 Å². The van der Waals surface area contributed by atoms with Crippen LogP contribution in [0.4, 0.5) is 0 Å². The van der Waals surface area contributed by atoms with Gasteiger partial charge in [0.05, 0.1) is 5.52 Å². The Hall–Kier alpha value is -1.98. The van der Waals surface area contributed by atoms with E-state index >= 15 is 0 Å². The van der Waals surface area contributed by atoms with Gasteiger partial charge in [-0.1, -0.05) is 18.2 Å². The summed E-state index contributed by atoms with van der Waals surface area (Å²) in [6, 6.07) is 10.6. The summed E-state index contributed by atoms with van der Waals surface area (Å²) >= 11 is 0. The van der Waals surface area contributed by atoms with Crippen LogP contribution in [0.25, 0.3) is 10.9 Å². The molecule has 2 saturated heterocycles. The van der Waals surface area contributed by atoms with Gasteiger partial charge in [0.25, 0.3) is 0 Å². The first-order chi connectivity index (χ1) is 13.7. The summed E-state index contributed by atoms with van der Waals surface area (Å²) in [6.45, 7) is 5.63. The van der Waals surface area contributed by atoms with E-state index in [2.05, 4.69) is 39.0 Å². The van der Waals surface area contributed by atoms with Gasteiger partial charge in [-0.15, -0.1) is 0 Å². The molecule has 2 aliphatic rings. The lowest BCUT2D eigenvalue weighted by Crippen LogP contribution is -2.54. The molecule has 2 aromatic rings. The SMILES string of the molecule is COCCCN1C[C@@]2(CCCN(Cc3cccc4ncccc34)C2)CCC1=O. The molecule has 1 atom stereocenters. The maximum atomic E-state index is 12.4. The van der Waals surface area contributed by atoms with E-state index in [-0.39, 0.29) is 5.41 Å². The lowest BCUT2D eigenvalue weighted by molar-refractivity contribution is -0.139. The molecule has 1 aromatic carbocycles. The Bertz CT molecular complexity index is 819. The minimum Gasteiger partial charge on any atom is -0.385 e. The minimum atomic E-state index is 0.252. The molecule has 0 aliphatic carbocycles. The Labute approximate surface area is 167 Å². The van der Waals surface area contributed by atoms with Gasteiger partial charge in [0.2, 0.25) is 5.91 Å². The fraction of sp³-hybridized carbons (Fsp3) is 0.565. The second-order valence-corrected chi connectivity index (χ2v) is 8.46. The van der Waals surface area contributed by atoms with Crippen molar-refractivity contribution in [1.82, 2.24) is 14.8 Å². The number of carbonyl (C=O) groups is 1. The number of pyridine rings is 1. The Morgan fingerprint density at radius 2 is 2.11 bits per heavy atom. The number of amides is 1. The smallest absolute Gasteiger partial charge is 0.222 e. The number of benzene rings is 1. The number of fused-ring (bicyclic) bond motifs is 1. The van der Waals surface area contributed by atoms with Crippen molar-refractivity contribution >= 4 is 16.8 Å². The van der Waals surface area contributed by atoms with Crippen molar-refractivity contribution in [2.75, 3.05) is 39.9 Å². The summed E-state index contributed by atoms with van der Waals surface area (Å²) < 4.78 is 5.17. The standard InChI is InChI=1S/C23H31N3O2/c1-28-15-5-14-26-18-23(11-9-22(26)27)10-4-13-25(17-23)16-19-6-2-8-21-20(19)7-3-12-24-21/h2-3,6-8,12H,4-5,9-11,13-18H2,1H3/t23-/m0/s1. The van der Waals surface area contributed by atoms with Gasteiger partial charge in [-0.2, -0.15) is 0 Å². The van der Waals surface area contributed by atoms with Crippen molar-refractivity contribution in [2.24, 2.45) is 5.41 Å². The summed E-state index contributed by atoms with van der Waals surface area (Å²) in [5.74, 6) is 0.318. The lowest BCUT2D eigenvalue weighted by Gasteiger charge is -2.48. The third-order valence-electron chi connectivity index (χ3n) is 6.40. The Morgan fingerprint density at radius 3 is 3.00 bits per heavy atom. The van der Waals surface area contributed by atoms with Crippen LogP contribution in [0.5, 0.6) is 0 Å². The van der Waals surface area contributed by atoms with E-state index in [9.17, 15) is 4.79 Å². The molecule has 1 amide bonds. The summed E-state index contributed by atoms with van der Waals surface area (Å²) in [6.07, 6.45) is 6.95. The minimum absolute atomic E-state index is 0.252. The van der Waals surface area contributed by atoms with Crippen LogP contribution in [0.15, 0.2) is 36.5 Å². The van der Waals surface area contributed by atoms with Crippen molar-refractivity contribution in [3.8, 4) is 0 Å². The van der Waals surface area contributed by atoms with Crippen molar-refractivity contribution < 1.29 is 9.53 Å². The van der Waals surface area contributed by atoms with E-state index < -0.39 is 0 Å². The first-order valence-corrected chi connectivity index (χ1v) is 10.5. The Kier molecular flexibility index (Phi) is 5.93. The highest BCUT2D eigenvalue weighted by Crippen LogP contribution is 2.39. The van der Waals surface area contributed by atoms with Crippen LogP contribution in [0.1, 0.15) is 37.7 Å². The molecule has 3 heterocycles. The highest BCUT2D eigenvalue weighted by molar-refractivity contribution is 5.81. The highest BCUT2D eigenvalue weighted by atomic mass is 16.5. The third kappa shape index (κ3) is 4.20. The van der Waals surface area contributed by atoms with Crippen molar-refractivity contribution in [1.29, 1.82) is 0 Å². The molecular formula is C23H31N3O2. The number of likely N-dealkylation sites (tertiary alicyclic amines) is 2. The molecule has 0 unspecified atom stereocenters. The number of nitrogens with zero attached hydrogens (tertiary/aromatic N) is 3. The van der Waals surface area contributed by atoms with Crippen LogP contribution in [0.2, 0.25) is 0 Å². The zero-order valence-electron chi connectivity index (χ0n) is 16.9. The van der Waals surface area contributed by atoms with Gasteiger partial charge >= 0.3 is 0 Å². The molecule has 1 spiro atoms. The van der Waals surface area contributed by atoms with E-state index in [1.165, 1.54) is 23.8 Å². The largest absolute Gasteiger partial charge is 0.385 e. The molecule has 0 saturated carbocycles. The quantitative estimate of drug-likeness (QED) is 0.719. The van der Waals surface area contributed by atoms with Gasteiger partial charge < -0.3 is 9.64 Å². The zero-order chi connectivity index (χ0) is 19.4. The van der Waals surface area contributed by atoms with E-state index in [1.54, 1.807) is 7.11 Å². The van der Waals surface area contributed by atoms with Crippen LogP contribution >= 0.6 is 0 Å². The monoisotopic (exact) mass is 381 g/mol. The molecule has 0 radical (unpaired) electrons. The molecule has 2 aliphatic heterocycles. The summed E-state index contributed by atoms with van der Waals surface area (Å²) in [4.78, 5) is 21.6. The zero-order valence-corrected chi connectivity index (χ0v) is 16.9. The van der Waals surface area contributed by atoms with E-state index in [4.69, 9.17) is 4.74 Å². The number of hydrogen-bond donors (Lipinski definition) is 0. The second-order valence-electron chi connectivity index (χ2n) is 8.46. The number of methoxy groups -OCH3 is 1. The summed E-state index contributed by atoms with van der Waals surface area (Å²) in [7, 11) is 1.72. The molecule has 150 valence electrons. The van der Waals surface area contributed by atoms with Crippen molar-refractivity contribution in [2.45, 2.75) is 38.6 Å². The van der Waals surface area contributed by atoms with Crippen LogP contribution in [0.3, 0.4) is 0 Å². The first-order valence-electron chi connectivity index (χ1n) is 10.5. The second kappa shape index (κ2) is 8.58. The molecule has 1 aromatic heterocycles. The number of hydrogen-bond acceptors (Lipinski definition) is 4. The lowest BCUT2D eigenvalue weighted by atomic mass is 9.73. The van der Waals surface area contributed by atoms with Gasteiger partial charge in [0.1, 0.15) is 0 Å². The van der Waals surface area contributed by atoms with Crippen molar-refractivity contribution in [3.63, 3.8) is 0 Å². The first kappa shape index (κ1) is 19.3. The predicted octanol–water partition coefficient (Wildman–Crippen LogP) is 3.48. The van der Waals surface area contributed by atoms with Crippen LogP contribution in [-0.4, -0.2) is 60.6 Å². The molecule has 5 nitrogen and oxygen atoms in total. The van der Waals surface area contributed by atoms with Gasteiger partial charge in [0, 0.05) is 63.3 Å². The molecule has 0 N–H and O–H groups in total. The van der Waals surface area contributed by atoms with Crippen LogP contribution in [0, 0.1) is 5.41 Å². The number of aromatic nitrogens is 1. The molecule has 2 fully saturated rings. The molecule has 5 heteroatoms. The van der Waals surface area contributed by atoms with Crippen molar-refractivity contribution in [3.05, 3.63) is 42.1 Å². The number of piperidine rings is 2. The summed E-state index contributed by atoms with van der Waals surface area (Å²) in [5, 5.41) is 1.25. The van der Waals surface area contributed by atoms with Gasteiger partial charge in [-0.25, -0.2) is 0 Å². The average molecular weight is 382 g/mol. The molecule has 28 heavy (non-hydrogen) atoms. The molecular weight excluding hydrogens is 350 g/mol. The Balaban J connectivity index is 1.45. The van der Waals surface area contributed by atoms with Crippen LogP contribution < -0.4 is 0 Å². The fourth-order valence-electron chi connectivity index (χ4n) is 5.03. The summed E-state index contributed by atoms with van der Waals surface area (Å²) in [5.41, 5.74) is 2.67. The predicted molar refractivity (Wildman–Crippen MR) is 111 cm³/mol. The molecule has 0 bridgehead atoms. The van der Waals surface area contributed by atoms with E-state index in [1.807, 2.05) is 12.3 Å². The maximum absolute atomic E-state index is 12.4. The van der Waals surface area contributed by atoms with E-state index in [0.29, 0.717) is 12.3 Å². The topological polar surface area (TPSA) is 45.7 Å². The van der Waals surface area contributed by atoms with Gasteiger partial charge in [-0.3, -0.25) is 14.7 Å².